The van der Waals surface area contributed by atoms with Crippen molar-refractivity contribution in [2.75, 3.05) is 6.54 Å². The zero-order valence-corrected chi connectivity index (χ0v) is 20.5. The van der Waals surface area contributed by atoms with Crippen LogP contribution in [0.3, 0.4) is 0 Å². The van der Waals surface area contributed by atoms with E-state index in [1.54, 1.807) is 24.3 Å². The number of halogens is 3. The number of phenols is 1. The third-order valence-electron chi connectivity index (χ3n) is 3.72. The van der Waals surface area contributed by atoms with Gasteiger partial charge in [0.2, 0.25) is 0 Å². The SMILES string of the molecule is O=C(NCCc1ccc(OS(=O)(=O)O)c(Br)c1)/C(Cc1cc(Br)c(O)c(Br)c1)=N/O. The molecule has 2 aromatic rings. The molecule has 0 aliphatic heterocycles. The van der Waals surface area contributed by atoms with Gasteiger partial charge in [-0.05, 0) is 89.6 Å². The van der Waals surface area contributed by atoms with E-state index in [0.717, 1.165) is 5.56 Å². The van der Waals surface area contributed by atoms with Gasteiger partial charge in [0.15, 0.2) is 5.75 Å². The van der Waals surface area contributed by atoms with E-state index in [0.29, 0.717) is 25.4 Å². The first-order chi connectivity index (χ1) is 14.0. The topological polar surface area (TPSA) is 146 Å². The molecule has 1 amide bonds. The lowest BCUT2D eigenvalue weighted by molar-refractivity contribution is -0.115. The Balaban J connectivity index is 1.95. The van der Waals surface area contributed by atoms with Crippen LogP contribution in [0.2, 0.25) is 0 Å². The minimum atomic E-state index is -4.63. The van der Waals surface area contributed by atoms with Crippen LogP contribution in [0.5, 0.6) is 11.5 Å². The molecule has 0 heterocycles. The fourth-order valence-corrected chi connectivity index (χ4v) is 4.65. The first kappa shape index (κ1) is 24.6. The van der Waals surface area contributed by atoms with E-state index < -0.39 is 16.3 Å². The van der Waals surface area contributed by atoms with Gasteiger partial charge in [0, 0.05) is 13.0 Å². The van der Waals surface area contributed by atoms with E-state index >= 15 is 0 Å². The summed E-state index contributed by atoms with van der Waals surface area (Å²) in [6, 6.07) is 7.72. The lowest BCUT2D eigenvalue weighted by Crippen LogP contribution is -2.33. The number of carbonyl (C=O) groups is 1. The summed E-state index contributed by atoms with van der Waals surface area (Å²) in [5.41, 5.74) is 1.27. The van der Waals surface area contributed by atoms with Gasteiger partial charge in [-0.3, -0.25) is 9.35 Å². The Morgan fingerprint density at radius 2 is 1.67 bits per heavy atom. The number of amides is 1. The molecule has 2 rings (SSSR count). The van der Waals surface area contributed by atoms with Crippen LogP contribution in [0.4, 0.5) is 0 Å². The van der Waals surface area contributed by atoms with E-state index in [1.807, 2.05) is 0 Å². The highest BCUT2D eigenvalue weighted by Crippen LogP contribution is 2.33. The molecular weight excluding hydrogens is 616 g/mol. The van der Waals surface area contributed by atoms with Gasteiger partial charge in [-0.2, -0.15) is 8.42 Å². The van der Waals surface area contributed by atoms with Crippen LogP contribution >= 0.6 is 47.8 Å². The van der Waals surface area contributed by atoms with Gasteiger partial charge in [-0.15, -0.1) is 0 Å². The molecular formula is C17H15Br3N2O7S. The largest absolute Gasteiger partial charge is 0.506 e. The molecule has 162 valence electrons. The maximum atomic E-state index is 12.3. The molecule has 0 aromatic heterocycles. The van der Waals surface area contributed by atoms with Crippen LogP contribution in [0.15, 0.2) is 48.9 Å². The van der Waals surface area contributed by atoms with Crippen molar-refractivity contribution >= 4 is 69.8 Å². The van der Waals surface area contributed by atoms with Crippen molar-refractivity contribution in [3.8, 4) is 11.5 Å². The van der Waals surface area contributed by atoms with E-state index in [4.69, 9.17) is 4.55 Å². The van der Waals surface area contributed by atoms with Gasteiger partial charge < -0.3 is 19.8 Å². The molecule has 0 atom stereocenters. The van der Waals surface area contributed by atoms with Crippen molar-refractivity contribution in [3.63, 3.8) is 0 Å². The van der Waals surface area contributed by atoms with E-state index in [1.165, 1.54) is 6.07 Å². The summed E-state index contributed by atoms with van der Waals surface area (Å²) in [5.74, 6) is -0.626. The van der Waals surface area contributed by atoms with Crippen LogP contribution < -0.4 is 9.50 Å². The highest BCUT2D eigenvalue weighted by molar-refractivity contribution is 9.11. The summed E-state index contributed by atoms with van der Waals surface area (Å²) >= 11 is 9.54. The average molecular weight is 631 g/mol. The number of nitrogens with zero attached hydrogens (tertiary/aromatic N) is 1. The quantitative estimate of drug-likeness (QED) is 0.151. The number of phenolic OH excluding ortho intramolecular Hbond substituents is 1. The Kier molecular flexibility index (Phi) is 8.67. The molecule has 0 radical (unpaired) electrons. The summed E-state index contributed by atoms with van der Waals surface area (Å²) in [6.45, 7) is 0.214. The lowest BCUT2D eigenvalue weighted by Gasteiger charge is -2.10. The molecule has 13 heteroatoms. The zero-order valence-electron chi connectivity index (χ0n) is 15.0. The normalized spacial score (nSPS) is 11.9. The van der Waals surface area contributed by atoms with Gasteiger partial charge in [0.1, 0.15) is 11.5 Å². The number of aromatic hydroxyl groups is 1. The second-order valence-corrected chi connectivity index (χ2v) is 9.50. The maximum Gasteiger partial charge on any atom is 0.446 e. The van der Waals surface area contributed by atoms with Crippen molar-refractivity contribution in [1.82, 2.24) is 5.32 Å². The Morgan fingerprint density at radius 1 is 1.07 bits per heavy atom. The molecule has 30 heavy (non-hydrogen) atoms. The predicted molar refractivity (Wildman–Crippen MR) is 119 cm³/mol. The maximum absolute atomic E-state index is 12.3. The second-order valence-electron chi connectivity index (χ2n) is 5.91. The van der Waals surface area contributed by atoms with E-state index in [9.17, 15) is 23.5 Å². The summed E-state index contributed by atoms with van der Waals surface area (Å²) in [7, 11) is -4.63. The first-order valence-corrected chi connectivity index (χ1v) is 11.9. The summed E-state index contributed by atoms with van der Waals surface area (Å²) in [5, 5.41) is 24.6. The van der Waals surface area contributed by atoms with Crippen molar-refractivity contribution in [2.45, 2.75) is 12.8 Å². The molecule has 0 fully saturated rings. The van der Waals surface area contributed by atoms with Gasteiger partial charge in [-0.1, -0.05) is 11.2 Å². The zero-order chi connectivity index (χ0) is 22.5. The Labute approximate surface area is 197 Å². The van der Waals surface area contributed by atoms with Crippen molar-refractivity contribution < 1.29 is 32.3 Å². The van der Waals surface area contributed by atoms with Crippen molar-refractivity contribution in [3.05, 3.63) is 54.9 Å². The van der Waals surface area contributed by atoms with Crippen LogP contribution in [-0.2, 0) is 28.0 Å². The molecule has 9 nitrogen and oxygen atoms in total. The second kappa shape index (κ2) is 10.6. The number of carbonyl (C=O) groups excluding carboxylic acids is 1. The van der Waals surface area contributed by atoms with E-state index in [2.05, 4.69) is 62.4 Å². The Bertz CT molecular complexity index is 1070. The summed E-state index contributed by atoms with van der Waals surface area (Å²) in [4.78, 5) is 12.3. The van der Waals surface area contributed by atoms with Gasteiger partial charge >= 0.3 is 10.4 Å². The number of benzene rings is 2. The third-order valence-corrected chi connectivity index (χ3v) is 5.94. The molecule has 0 spiro atoms. The van der Waals surface area contributed by atoms with Gasteiger partial charge in [-0.25, -0.2) is 0 Å². The van der Waals surface area contributed by atoms with Crippen LogP contribution in [0, 0.1) is 0 Å². The molecule has 0 unspecified atom stereocenters. The fourth-order valence-electron chi connectivity index (χ4n) is 2.38. The molecule has 2 aromatic carbocycles. The minimum absolute atomic E-state index is 0.0184. The molecule has 4 N–H and O–H groups in total. The monoisotopic (exact) mass is 628 g/mol. The minimum Gasteiger partial charge on any atom is -0.506 e. The summed E-state index contributed by atoms with van der Waals surface area (Å²) in [6.07, 6.45) is 0.429. The number of rotatable bonds is 8. The lowest BCUT2D eigenvalue weighted by atomic mass is 10.1. The average Bonchev–Trinajstić information content (AvgIpc) is 2.65. The molecule has 0 saturated carbocycles. The Morgan fingerprint density at radius 3 is 2.20 bits per heavy atom. The highest BCUT2D eigenvalue weighted by Gasteiger charge is 2.15. The predicted octanol–water partition coefficient (Wildman–Crippen LogP) is 3.59. The smallest absolute Gasteiger partial charge is 0.446 e. The standard InChI is InChI=1S/C17H15Br3N2O7S/c18-11-5-9(1-2-15(11)29-30(26,27)28)3-4-21-17(24)14(22-25)8-10-6-12(19)16(23)13(20)7-10/h1-2,5-7,23,25H,3-4,8H2,(H,21,24)(H,26,27,28)/b22-14+. The third kappa shape index (κ3) is 7.23. The highest BCUT2D eigenvalue weighted by atomic mass is 79.9. The first-order valence-electron chi connectivity index (χ1n) is 8.11. The van der Waals surface area contributed by atoms with Crippen molar-refractivity contribution in [1.29, 1.82) is 0 Å². The Hall–Kier alpha value is -1.67. The number of hydrogen-bond donors (Lipinski definition) is 4. The van der Waals surface area contributed by atoms with Gasteiger partial charge in [0.25, 0.3) is 5.91 Å². The summed E-state index contributed by atoms with van der Waals surface area (Å²) < 4.78 is 35.8. The molecule has 0 bridgehead atoms. The van der Waals surface area contributed by atoms with Crippen LogP contribution in [0.1, 0.15) is 11.1 Å². The molecule has 0 aliphatic carbocycles. The number of nitrogens with one attached hydrogen (secondary N) is 1. The van der Waals surface area contributed by atoms with Crippen LogP contribution in [-0.4, -0.2) is 41.4 Å². The molecule has 0 aliphatic rings. The number of oxime groups is 1. The number of hydrogen-bond acceptors (Lipinski definition) is 7. The molecule has 0 saturated heterocycles. The van der Waals surface area contributed by atoms with Crippen molar-refractivity contribution in [2.24, 2.45) is 5.16 Å². The van der Waals surface area contributed by atoms with Crippen LogP contribution in [0.25, 0.3) is 0 Å². The van der Waals surface area contributed by atoms with E-state index in [-0.39, 0.29) is 30.2 Å². The van der Waals surface area contributed by atoms with Gasteiger partial charge in [0.05, 0.1) is 13.4 Å². The fraction of sp³-hybridized carbons (Fsp3) is 0.176.